The predicted octanol–water partition coefficient (Wildman–Crippen LogP) is 4.86. The number of phenols is 1. The van der Waals surface area contributed by atoms with Gasteiger partial charge in [-0.2, -0.15) is 0 Å². The normalized spacial score (nSPS) is 11.1. The smallest absolute Gasteiger partial charge is 0.341 e. The Hall–Kier alpha value is -2.42. The zero-order valence-corrected chi connectivity index (χ0v) is 18.7. The van der Waals surface area contributed by atoms with E-state index < -0.39 is 5.97 Å². The number of ether oxygens (including phenoxy) is 1. The number of halogens is 1. The van der Waals surface area contributed by atoms with Gasteiger partial charge in [-0.15, -0.1) is 11.3 Å². The van der Waals surface area contributed by atoms with Gasteiger partial charge in [-0.1, -0.05) is 18.2 Å². The van der Waals surface area contributed by atoms with Crippen molar-refractivity contribution in [2.24, 2.45) is 0 Å². The van der Waals surface area contributed by atoms with Crippen molar-refractivity contribution in [1.82, 2.24) is 4.90 Å². The largest absolute Gasteiger partial charge is 0.506 e. The molecule has 0 aliphatic carbocycles. The molecular formula is C21H21BrN2O4S. The molecule has 1 heterocycles. The molecule has 29 heavy (non-hydrogen) atoms. The number of aromatic hydroxyl groups is 1. The van der Waals surface area contributed by atoms with Crippen molar-refractivity contribution in [2.75, 3.05) is 26.0 Å². The van der Waals surface area contributed by atoms with Crippen LogP contribution in [-0.4, -0.2) is 42.6 Å². The number of nitrogens with one attached hydrogen (secondary N) is 1. The van der Waals surface area contributed by atoms with Crippen molar-refractivity contribution < 1.29 is 19.4 Å². The lowest BCUT2D eigenvalue weighted by atomic mass is 10.1. The van der Waals surface area contributed by atoms with Crippen LogP contribution in [0.5, 0.6) is 5.75 Å². The zero-order valence-electron chi connectivity index (χ0n) is 16.3. The van der Waals surface area contributed by atoms with Gasteiger partial charge in [0.15, 0.2) is 0 Å². The summed E-state index contributed by atoms with van der Waals surface area (Å²) in [7, 11) is 3.79. The molecule has 152 valence electrons. The standard InChI is InChI=1S/C21H21BrN2O4S/c1-4-28-21(27)16-13-10-15(22)17(25)14(11-24(2)3)18(13)29-20(16)23-19(26)12-8-6-5-7-9-12/h5-10,25H,4,11H2,1-3H3,(H,23,26). The molecule has 8 heteroatoms. The molecule has 3 aromatic rings. The predicted molar refractivity (Wildman–Crippen MR) is 119 cm³/mol. The van der Waals surface area contributed by atoms with Crippen molar-refractivity contribution >= 4 is 54.2 Å². The molecule has 3 rings (SSSR count). The Kier molecular flexibility index (Phi) is 6.56. The van der Waals surface area contributed by atoms with E-state index in [-0.39, 0.29) is 23.8 Å². The van der Waals surface area contributed by atoms with E-state index in [0.717, 1.165) is 4.70 Å². The van der Waals surface area contributed by atoms with Crippen LogP contribution >= 0.6 is 27.3 Å². The van der Waals surface area contributed by atoms with Gasteiger partial charge in [0.1, 0.15) is 16.3 Å². The van der Waals surface area contributed by atoms with Crippen LogP contribution in [0.15, 0.2) is 40.9 Å². The Balaban J connectivity index is 2.18. The molecule has 0 aliphatic heterocycles. The van der Waals surface area contributed by atoms with E-state index >= 15 is 0 Å². The van der Waals surface area contributed by atoms with Gasteiger partial charge in [0.25, 0.3) is 5.91 Å². The number of fused-ring (bicyclic) bond motifs is 1. The highest BCUT2D eigenvalue weighted by molar-refractivity contribution is 9.10. The van der Waals surface area contributed by atoms with Crippen LogP contribution in [0, 0.1) is 0 Å². The summed E-state index contributed by atoms with van der Waals surface area (Å²) < 4.78 is 6.45. The van der Waals surface area contributed by atoms with Gasteiger partial charge < -0.3 is 20.1 Å². The number of thiophene rings is 1. The zero-order chi connectivity index (χ0) is 21.1. The number of amides is 1. The second kappa shape index (κ2) is 8.94. The molecule has 1 amide bonds. The molecule has 0 saturated heterocycles. The first-order valence-corrected chi connectivity index (χ1v) is 10.6. The molecule has 0 radical (unpaired) electrons. The summed E-state index contributed by atoms with van der Waals surface area (Å²) in [6.45, 7) is 2.41. The van der Waals surface area contributed by atoms with Crippen molar-refractivity contribution in [3.8, 4) is 5.75 Å². The number of rotatable bonds is 6. The molecule has 6 nitrogen and oxygen atoms in total. The minimum atomic E-state index is -0.518. The number of anilines is 1. The van der Waals surface area contributed by atoms with Crippen LogP contribution < -0.4 is 5.32 Å². The fourth-order valence-electron chi connectivity index (χ4n) is 2.97. The highest BCUT2D eigenvalue weighted by Crippen LogP contribution is 2.44. The highest BCUT2D eigenvalue weighted by Gasteiger charge is 2.26. The molecule has 2 N–H and O–H groups in total. The second-order valence-corrected chi connectivity index (χ2v) is 8.52. The average Bonchev–Trinajstić information content (AvgIpc) is 3.03. The van der Waals surface area contributed by atoms with E-state index in [1.165, 1.54) is 11.3 Å². The van der Waals surface area contributed by atoms with Gasteiger partial charge in [-0.3, -0.25) is 4.79 Å². The number of benzene rings is 2. The van der Waals surface area contributed by atoms with Gasteiger partial charge in [0.05, 0.1) is 11.1 Å². The number of hydrogen-bond donors (Lipinski definition) is 2. The van der Waals surface area contributed by atoms with Gasteiger partial charge in [0, 0.05) is 27.8 Å². The molecule has 0 saturated carbocycles. The van der Waals surface area contributed by atoms with Crippen molar-refractivity contribution in [3.63, 3.8) is 0 Å². The number of esters is 1. The Bertz CT molecular complexity index is 1060. The first-order valence-electron chi connectivity index (χ1n) is 8.98. The average molecular weight is 477 g/mol. The lowest BCUT2D eigenvalue weighted by Crippen LogP contribution is -2.14. The van der Waals surface area contributed by atoms with Crippen LogP contribution in [-0.2, 0) is 11.3 Å². The molecule has 0 fully saturated rings. The third-order valence-corrected chi connectivity index (χ3v) is 6.00. The number of phenolic OH excluding ortho intramolecular Hbond substituents is 1. The summed E-state index contributed by atoms with van der Waals surface area (Å²) in [5.74, 6) is -0.723. The van der Waals surface area contributed by atoms with Crippen LogP contribution in [0.3, 0.4) is 0 Å². The Labute approximate surface area is 181 Å². The summed E-state index contributed by atoms with van der Waals surface area (Å²) in [6.07, 6.45) is 0. The number of hydrogen-bond acceptors (Lipinski definition) is 6. The Morgan fingerprint density at radius 3 is 2.55 bits per heavy atom. The Morgan fingerprint density at radius 1 is 1.24 bits per heavy atom. The minimum Gasteiger partial charge on any atom is -0.506 e. The quantitative estimate of drug-likeness (QED) is 0.496. The maximum atomic E-state index is 12.7. The lowest BCUT2D eigenvalue weighted by Gasteiger charge is -2.13. The topological polar surface area (TPSA) is 78.9 Å². The van der Waals surface area contributed by atoms with E-state index in [4.69, 9.17) is 4.74 Å². The Morgan fingerprint density at radius 2 is 1.93 bits per heavy atom. The lowest BCUT2D eigenvalue weighted by molar-refractivity contribution is 0.0530. The summed E-state index contributed by atoms with van der Waals surface area (Å²) >= 11 is 4.63. The number of nitrogens with zero attached hydrogens (tertiary/aromatic N) is 1. The molecule has 0 spiro atoms. The number of carbonyl (C=O) groups is 2. The third-order valence-electron chi connectivity index (χ3n) is 4.22. The van der Waals surface area contributed by atoms with Crippen molar-refractivity contribution in [3.05, 3.63) is 57.6 Å². The van der Waals surface area contributed by atoms with Gasteiger partial charge in [0.2, 0.25) is 0 Å². The van der Waals surface area contributed by atoms with Crippen LogP contribution in [0.4, 0.5) is 5.00 Å². The minimum absolute atomic E-state index is 0.115. The monoisotopic (exact) mass is 476 g/mol. The fourth-order valence-corrected chi connectivity index (χ4v) is 4.64. The van der Waals surface area contributed by atoms with Gasteiger partial charge in [-0.25, -0.2) is 4.79 Å². The molecule has 0 aliphatic rings. The van der Waals surface area contributed by atoms with E-state index in [1.807, 2.05) is 25.1 Å². The van der Waals surface area contributed by atoms with E-state index in [0.29, 0.717) is 32.5 Å². The second-order valence-electron chi connectivity index (χ2n) is 6.65. The van der Waals surface area contributed by atoms with E-state index in [9.17, 15) is 14.7 Å². The fraction of sp³-hybridized carbons (Fsp3) is 0.238. The molecule has 1 aromatic heterocycles. The number of carbonyl (C=O) groups excluding carboxylic acids is 2. The maximum absolute atomic E-state index is 12.7. The van der Waals surface area contributed by atoms with Gasteiger partial charge in [-0.05, 0) is 55.1 Å². The molecule has 2 aromatic carbocycles. The van der Waals surface area contributed by atoms with Crippen molar-refractivity contribution in [2.45, 2.75) is 13.5 Å². The van der Waals surface area contributed by atoms with Crippen LogP contribution in [0.1, 0.15) is 33.2 Å². The summed E-state index contributed by atoms with van der Waals surface area (Å²) in [5, 5.41) is 14.4. The van der Waals surface area contributed by atoms with Gasteiger partial charge >= 0.3 is 5.97 Å². The third kappa shape index (κ3) is 4.44. The first-order chi connectivity index (χ1) is 13.8. The molecule has 0 bridgehead atoms. The summed E-state index contributed by atoms with van der Waals surface area (Å²) in [6, 6.07) is 10.5. The van der Waals surface area contributed by atoms with E-state index in [1.54, 1.807) is 37.3 Å². The molecule has 0 atom stereocenters. The summed E-state index contributed by atoms with van der Waals surface area (Å²) in [5.41, 5.74) is 1.45. The first kappa shape index (κ1) is 21.3. The highest BCUT2D eigenvalue weighted by atomic mass is 79.9. The SMILES string of the molecule is CCOC(=O)c1c(NC(=O)c2ccccc2)sc2c(CN(C)C)c(O)c(Br)cc12. The van der Waals surface area contributed by atoms with Crippen LogP contribution in [0.25, 0.3) is 10.1 Å². The maximum Gasteiger partial charge on any atom is 0.341 e. The van der Waals surface area contributed by atoms with E-state index in [2.05, 4.69) is 21.2 Å². The summed E-state index contributed by atoms with van der Waals surface area (Å²) in [4.78, 5) is 27.4. The molecular weight excluding hydrogens is 456 g/mol. The molecule has 0 unspecified atom stereocenters. The van der Waals surface area contributed by atoms with Crippen molar-refractivity contribution in [1.29, 1.82) is 0 Å². The van der Waals surface area contributed by atoms with Crippen LogP contribution in [0.2, 0.25) is 0 Å².